The Labute approximate surface area is 107 Å². The number of carbonyl (C=O) groups excluding carboxylic acids is 1. The van der Waals surface area contributed by atoms with E-state index >= 15 is 0 Å². The van der Waals surface area contributed by atoms with E-state index in [1.807, 2.05) is 31.2 Å². The quantitative estimate of drug-likeness (QED) is 0.794. The summed E-state index contributed by atoms with van der Waals surface area (Å²) in [4.78, 5) is 21.6. The maximum absolute atomic E-state index is 11.3. The lowest BCUT2D eigenvalue weighted by Gasteiger charge is -2.14. The molecule has 0 saturated heterocycles. The van der Waals surface area contributed by atoms with Gasteiger partial charge >= 0.3 is 12.0 Å². The van der Waals surface area contributed by atoms with Gasteiger partial charge < -0.3 is 15.7 Å². The lowest BCUT2D eigenvalue weighted by molar-refractivity contribution is -0.135. The summed E-state index contributed by atoms with van der Waals surface area (Å²) in [5.41, 5.74) is 0.935. The van der Waals surface area contributed by atoms with Crippen molar-refractivity contribution in [1.29, 1.82) is 0 Å². The number of amides is 2. The van der Waals surface area contributed by atoms with Gasteiger partial charge in [-0.3, -0.25) is 4.79 Å². The topological polar surface area (TPSA) is 78.4 Å². The molecule has 1 atom stereocenters. The predicted octanol–water partition coefficient (Wildman–Crippen LogP) is 1.89. The first-order valence-corrected chi connectivity index (χ1v) is 5.80. The molecule has 5 nitrogen and oxygen atoms in total. The minimum Gasteiger partial charge on any atom is -0.480 e. The standard InChI is InChI=1S/C11H13BrN2O3/c1-7(8-3-2-4-9(12)5-8)14-11(17)13-6-10(15)16/h2-5,7H,6H2,1H3,(H,15,16)(H2,13,14,17). The number of rotatable bonds is 4. The van der Waals surface area contributed by atoms with Gasteiger partial charge in [-0.15, -0.1) is 0 Å². The molecule has 3 N–H and O–H groups in total. The Bertz CT molecular complexity index is 423. The maximum Gasteiger partial charge on any atom is 0.323 e. The van der Waals surface area contributed by atoms with Gasteiger partial charge in [-0.25, -0.2) is 4.79 Å². The van der Waals surface area contributed by atoms with Gasteiger partial charge in [0, 0.05) is 4.47 Å². The lowest BCUT2D eigenvalue weighted by Crippen LogP contribution is -2.39. The molecule has 0 aliphatic carbocycles. The van der Waals surface area contributed by atoms with Crippen LogP contribution >= 0.6 is 15.9 Å². The van der Waals surface area contributed by atoms with Gasteiger partial charge in [-0.05, 0) is 24.6 Å². The number of carboxylic acid groups (broad SMARTS) is 1. The molecule has 2 amide bonds. The average Bonchev–Trinajstić information content (AvgIpc) is 2.26. The van der Waals surface area contributed by atoms with Crippen molar-refractivity contribution in [3.63, 3.8) is 0 Å². The highest BCUT2D eigenvalue weighted by Gasteiger charge is 2.09. The molecule has 0 fully saturated rings. The smallest absolute Gasteiger partial charge is 0.323 e. The van der Waals surface area contributed by atoms with Crippen LogP contribution in [0.15, 0.2) is 28.7 Å². The van der Waals surface area contributed by atoms with Crippen LogP contribution in [0.1, 0.15) is 18.5 Å². The number of urea groups is 1. The van der Waals surface area contributed by atoms with Crippen LogP contribution in [0.3, 0.4) is 0 Å². The molecule has 92 valence electrons. The second kappa shape index (κ2) is 6.24. The summed E-state index contributed by atoms with van der Waals surface area (Å²) < 4.78 is 0.926. The second-order valence-electron chi connectivity index (χ2n) is 3.50. The summed E-state index contributed by atoms with van der Waals surface area (Å²) in [5.74, 6) is -1.07. The molecule has 1 aromatic rings. The van der Waals surface area contributed by atoms with E-state index in [0.717, 1.165) is 10.0 Å². The summed E-state index contributed by atoms with van der Waals surface area (Å²) in [6, 6.07) is 6.84. The fraction of sp³-hybridized carbons (Fsp3) is 0.273. The number of carboxylic acids is 1. The molecule has 0 radical (unpaired) electrons. The van der Waals surface area contributed by atoms with Crippen molar-refractivity contribution in [2.75, 3.05) is 6.54 Å². The zero-order chi connectivity index (χ0) is 12.8. The number of nitrogens with one attached hydrogen (secondary N) is 2. The van der Waals surface area contributed by atoms with Crippen molar-refractivity contribution in [3.05, 3.63) is 34.3 Å². The number of halogens is 1. The Morgan fingerprint density at radius 1 is 1.47 bits per heavy atom. The van der Waals surface area contributed by atoms with Gasteiger partial charge in [0.05, 0.1) is 6.04 Å². The number of hydrogen-bond acceptors (Lipinski definition) is 2. The highest BCUT2D eigenvalue weighted by atomic mass is 79.9. The Balaban J connectivity index is 2.51. The van der Waals surface area contributed by atoms with Crippen molar-refractivity contribution < 1.29 is 14.7 Å². The van der Waals surface area contributed by atoms with Crippen LogP contribution in [0.5, 0.6) is 0 Å². The maximum atomic E-state index is 11.3. The third-order valence-corrected chi connectivity index (χ3v) is 2.59. The third kappa shape index (κ3) is 4.86. The van der Waals surface area contributed by atoms with E-state index in [1.165, 1.54) is 0 Å². The first-order chi connectivity index (χ1) is 7.99. The molecule has 0 saturated carbocycles. The van der Waals surface area contributed by atoms with Crippen LogP contribution in [0.4, 0.5) is 4.79 Å². The van der Waals surface area contributed by atoms with Gasteiger partial charge in [-0.1, -0.05) is 28.1 Å². The molecule has 1 unspecified atom stereocenters. The van der Waals surface area contributed by atoms with Gasteiger partial charge in [0.2, 0.25) is 0 Å². The van der Waals surface area contributed by atoms with Crippen LogP contribution in [0.2, 0.25) is 0 Å². The Hall–Kier alpha value is -1.56. The summed E-state index contributed by atoms with van der Waals surface area (Å²) in [6.45, 7) is 1.43. The minimum atomic E-state index is -1.07. The largest absolute Gasteiger partial charge is 0.480 e. The molecule has 0 aliphatic rings. The minimum absolute atomic E-state index is 0.193. The van der Waals surface area contributed by atoms with Crippen LogP contribution in [0, 0.1) is 0 Å². The fourth-order valence-electron chi connectivity index (χ4n) is 1.26. The summed E-state index contributed by atoms with van der Waals surface area (Å²) >= 11 is 3.34. The highest BCUT2D eigenvalue weighted by molar-refractivity contribution is 9.10. The molecule has 17 heavy (non-hydrogen) atoms. The van der Waals surface area contributed by atoms with E-state index in [9.17, 15) is 9.59 Å². The number of benzene rings is 1. The van der Waals surface area contributed by atoms with Crippen molar-refractivity contribution in [1.82, 2.24) is 10.6 Å². The third-order valence-electron chi connectivity index (χ3n) is 2.10. The molecular formula is C11H13BrN2O3. The first kappa shape index (κ1) is 13.5. The van der Waals surface area contributed by atoms with E-state index in [1.54, 1.807) is 0 Å². The predicted molar refractivity (Wildman–Crippen MR) is 66.7 cm³/mol. The number of aliphatic carboxylic acids is 1. The van der Waals surface area contributed by atoms with Gasteiger partial charge in [0.15, 0.2) is 0 Å². The first-order valence-electron chi connectivity index (χ1n) is 5.00. The monoisotopic (exact) mass is 300 g/mol. The Morgan fingerprint density at radius 3 is 2.76 bits per heavy atom. The molecule has 6 heteroatoms. The highest BCUT2D eigenvalue weighted by Crippen LogP contribution is 2.17. The van der Waals surface area contributed by atoms with E-state index in [2.05, 4.69) is 26.6 Å². The van der Waals surface area contributed by atoms with Crippen molar-refractivity contribution in [2.45, 2.75) is 13.0 Å². The zero-order valence-electron chi connectivity index (χ0n) is 9.24. The van der Waals surface area contributed by atoms with E-state index in [4.69, 9.17) is 5.11 Å². The average molecular weight is 301 g/mol. The molecule has 0 aliphatic heterocycles. The SMILES string of the molecule is CC(NC(=O)NCC(=O)O)c1cccc(Br)c1. The summed E-state index contributed by atoms with van der Waals surface area (Å²) in [6.07, 6.45) is 0. The van der Waals surface area contributed by atoms with Crippen LogP contribution in [-0.4, -0.2) is 23.7 Å². The fourth-order valence-corrected chi connectivity index (χ4v) is 1.68. The molecule has 0 aromatic heterocycles. The van der Waals surface area contributed by atoms with Gasteiger partial charge in [0.1, 0.15) is 6.54 Å². The lowest BCUT2D eigenvalue weighted by atomic mass is 10.1. The van der Waals surface area contributed by atoms with Crippen LogP contribution in [0.25, 0.3) is 0 Å². The van der Waals surface area contributed by atoms with Gasteiger partial charge in [0.25, 0.3) is 0 Å². The van der Waals surface area contributed by atoms with Gasteiger partial charge in [-0.2, -0.15) is 0 Å². The van der Waals surface area contributed by atoms with Crippen LogP contribution in [-0.2, 0) is 4.79 Å². The Morgan fingerprint density at radius 2 is 2.18 bits per heavy atom. The van der Waals surface area contributed by atoms with E-state index < -0.39 is 18.5 Å². The van der Waals surface area contributed by atoms with Crippen molar-refractivity contribution >= 4 is 27.9 Å². The van der Waals surface area contributed by atoms with Crippen molar-refractivity contribution in [2.24, 2.45) is 0 Å². The second-order valence-corrected chi connectivity index (χ2v) is 4.41. The molecule has 0 bridgehead atoms. The number of hydrogen-bond donors (Lipinski definition) is 3. The summed E-state index contributed by atoms with van der Waals surface area (Å²) in [5, 5.41) is 13.3. The zero-order valence-corrected chi connectivity index (χ0v) is 10.8. The molecule has 0 spiro atoms. The van der Waals surface area contributed by atoms with Crippen LogP contribution < -0.4 is 10.6 Å². The summed E-state index contributed by atoms with van der Waals surface area (Å²) in [7, 11) is 0. The normalized spacial score (nSPS) is 11.6. The molecule has 1 aromatic carbocycles. The molecule has 0 heterocycles. The van der Waals surface area contributed by atoms with Crippen molar-refractivity contribution in [3.8, 4) is 0 Å². The molecular weight excluding hydrogens is 288 g/mol. The Kier molecular flexibility index (Phi) is 4.96. The van der Waals surface area contributed by atoms with E-state index in [-0.39, 0.29) is 6.04 Å². The number of carbonyl (C=O) groups is 2. The van der Waals surface area contributed by atoms with E-state index in [0.29, 0.717) is 0 Å². The molecule has 1 rings (SSSR count).